The van der Waals surface area contributed by atoms with Crippen molar-refractivity contribution in [3.05, 3.63) is 72.3 Å². The van der Waals surface area contributed by atoms with Gasteiger partial charge in [0.15, 0.2) is 0 Å². The smallest absolute Gasteiger partial charge is 0.0643 e. The van der Waals surface area contributed by atoms with Gasteiger partial charge in [0.25, 0.3) is 0 Å². The number of carbonyl (C=O) groups is 2. The molecule has 6 heteroatoms. The Morgan fingerprint density at radius 3 is 2.00 bits per heavy atom. The number of aliphatic carboxylic acids is 2. The number of benzene rings is 2. The number of likely N-dealkylation sites (N-methyl/N-ethyl adjacent to an activating group) is 1. The number of carboxylic acids is 2. The summed E-state index contributed by atoms with van der Waals surface area (Å²) < 4.78 is 0. The number of hydrogen-bond donors (Lipinski definition) is 0. The Kier molecular flexibility index (Phi) is 9.82. The maximum absolute atomic E-state index is 9.41. The second kappa shape index (κ2) is 11.9. The third kappa shape index (κ3) is 9.66. The van der Waals surface area contributed by atoms with Gasteiger partial charge in [0, 0.05) is 16.3 Å². The molecule has 0 atom stereocenters. The van der Waals surface area contributed by atoms with Crippen molar-refractivity contribution < 1.29 is 19.8 Å². The van der Waals surface area contributed by atoms with Crippen LogP contribution >= 0.6 is 11.8 Å². The normalized spacial score (nSPS) is 10.4. The monoisotopic (exact) mass is 371 g/mol. The molecular weight excluding hydrogens is 350 g/mol. The maximum Gasteiger partial charge on any atom is 0.0643 e. The standard InChI is InChI=1S/C16H19NS.C4H4O4/c1-17(2)13-12-14-8-6-7-11-16(14)18-15-9-4-3-5-10-15;5-3(6)1-2-4(7)8/h3-11H,12-13H2,1-2H3;1-2H,(H,5,6)(H,7,8)/p-2/b;2-1-. The molecule has 0 bridgehead atoms. The second-order valence-corrected chi connectivity index (χ2v) is 6.66. The van der Waals surface area contributed by atoms with Gasteiger partial charge in [-0.25, -0.2) is 0 Å². The van der Waals surface area contributed by atoms with E-state index in [1.807, 2.05) is 11.8 Å². The summed E-state index contributed by atoms with van der Waals surface area (Å²) in [5.41, 5.74) is 1.43. The molecule has 0 amide bonds. The lowest BCUT2D eigenvalue weighted by molar-refractivity contribution is -0.301. The van der Waals surface area contributed by atoms with Gasteiger partial charge >= 0.3 is 0 Å². The fourth-order valence-corrected chi connectivity index (χ4v) is 2.90. The van der Waals surface area contributed by atoms with E-state index >= 15 is 0 Å². The molecule has 0 fully saturated rings. The highest BCUT2D eigenvalue weighted by Crippen LogP contribution is 2.30. The fraction of sp³-hybridized carbons (Fsp3) is 0.200. The lowest BCUT2D eigenvalue weighted by Crippen LogP contribution is -2.23. The van der Waals surface area contributed by atoms with Gasteiger partial charge in [-0.2, -0.15) is 0 Å². The van der Waals surface area contributed by atoms with Crippen molar-refractivity contribution in [2.24, 2.45) is 0 Å². The highest BCUT2D eigenvalue weighted by Gasteiger charge is 2.04. The Balaban J connectivity index is 0.000000359. The molecule has 0 aliphatic carbocycles. The van der Waals surface area contributed by atoms with Gasteiger partial charge < -0.3 is 24.7 Å². The molecule has 2 aromatic rings. The Labute approximate surface area is 158 Å². The molecule has 0 aliphatic rings. The Hall–Kier alpha value is -2.57. The minimum atomic E-state index is -1.55. The quantitative estimate of drug-likeness (QED) is 0.675. The van der Waals surface area contributed by atoms with Crippen LogP contribution in [0.25, 0.3) is 0 Å². The summed E-state index contributed by atoms with van der Waals surface area (Å²) in [6.07, 6.45) is 1.87. The van der Waals surface area contributed by atoms with Gasteiger partial charge in [0.05, 0.1) is 11.9 Å². The van der Waals surface area contributed by atoms with E-state index in [4.69, 9.17) is 0 Å². The largest absolute Gasteiger partial charge is 0.545 e. The minimum absolute atomic E-state index is 0.384. The van der Waals surface area contributed by atoms with Crippen LogP contribution in [0.4, 0.5) is 0 Å². The Morgan fingerprint density at radius 2 is 1.46 bits per heavy atom. The second-order valence-electron chi connectivity index (χ2n) is 5.55. The summed E-state index contributed by atoms with van der Waals surface area (Å²) in [7, 11) is 4.24. The summed E-state index contributed by atoms with van der Waals surface area (Å²) in [6.45, 7) is 1.09. The molecule has 2 aromatic carbocycles. The highest BCUT2D eigenvalue weighted by atomic mass is 32.2. The van der Waals surface area contributed by atoms with Gasteiger partial charge in [0.1, 0.15) is 0 Å². The first-order valence-corrected chi connectivity index (χ1v) is 8.75. The van der Waals surface area contributed by atoms with E-state index in [2.05, 4.69) is 73.6 Å². The summed E-state index contributed by atoms with van der Waals surface area (Å²) in [6, 6.07) is 19.2. The summed E-state index contributed by atoms with van der Waals surface area (Å²) >= 11 is 1.85. The average Bonchev–Trinajstić information content (AvgIpc) is 2.60. The van der Waals surface area contributed by atoms with Crippen LogP contribution < -0.4 is 10.2 Å². The third-order valence-corrected chi connectivity index (χ3v) is 4.25. The zero-order chi connectivity index (χ0) is 19.4. The molecule has 0 radical (unpaired) electrons. The van der Waals surface area contributed by atoms with Gasteiger partial charge in [-0.3, -0.25) is 0 Å². The van der Waals surface area contributed by atoms with E-state index in [9.17, 15) is 19.8 Å². The van der Waals surface area contributed by atoms with E-state index < -0.39 is 11.9 Å². The topological polar surface area (TPSA) is 83.5 Å². The number of carboxylic acid groups (broad SMARTS) is 2. The highest BCUT2D eigenvalue weighted by molar-refractivity contribution is 7.99. The van der Waals surface area contributed by atoms with E-state index in [0.717, 1.165) is 13.0 Å². The minimum Gasteiger partial charge on any atom is -0.545 e. The van der Waals surface area contributed by atoms with E-state index in [-0.39, 0.29) is 0 Å². The predicted molar refractivity (Wildman–Crippen MR) is 98.4 cm³/mol. The lowest BCUT2D eigenvalue weighted by Gasteiger charge is -2.12. The number of hydrogen-bond acceptors (Lipinski definition) is 6. The number of rotatable bonds is 7. The molecule has 26 heavy (non-hydrogen) atoms. The van der Waals surface area contributed by atoms with Crippen LogP contribution in [0, 0.1) is 0 Å². The first kappa shape index (κ1) is 21.5. The van der Waals surface area contributed by atoms with Crippen molar-refractivity contribution in [1.29, 1.82) is 0 Å². The van der Waals surface area contributed by atoms with Crippen LogP contribution in [-0.4, -0.2) is 37.5 Å². The maximum atomic E-state index is 9.41. The van der Waals surface area contributed by atoms with Crippen molar-refractivity contribution in [2.75, 3.05) is 20.6 Å². The Morgan fingerprint density at radius 1 is 0.923 bits per heavy atom. The average molecular weight is 371 g/mol. The number of carbonyl (C=O) groups excluding carboxylic acids is 2. The van der Waals surface area contributed by atoms with Crippen LogP contribution in [0.1, 0.15) is 5.56 Å². The van der Waals surface area contributed by atoms with Gasteiger partial charge in [-0.15, -0.1) is 0 Å². The van der Waals surface area contributed by atoms with Gasteiger partial charge in [-0.05, 0) is 56.4 Å². The molecule has 0 saturated heterocycles. The lowest BCUT2D eigenvalue weighted by atomic mass is 10.1. The molecule has 0 saturated carbocycles. The van der Waals surface area contributed by atoms with Crippen LogP contribution in [0.3, 0.4) is 0 Å². The van der Waals surface area contributed by atoms with E-state index in [0.29, 0.717) is 12.2 Å². The van der Waals surface area contributed by atoms with Crippen LogP contribution in [0.15, 0.2) is 76.5 Å². The molecule has 0 aliphatic heterocycles. The SMILES string of the molecule is CN(C)CCc1ccccc1Sc1ccccc1.O=C([O-])/C=C\C(=O)[O-]. The van der Waals surface area contributed by atoms with E-state index in [1.54, 1.807) is 0 Å². The van der Waals surface area contributed by atoms with Crippen LogP contribution in [0.5, 0.6) is 0 Å². The summed E-state index contributed by atoms with van der Waals surface area (Å²) in [5.74, 6) is -3.09. The Bertz CT molecular complexity index is 714. The molecule has 0 N–H and O–H groups in total. The third-order valence-electron chi connectivity index (χ3n) is 3.13. The molecule has 0 heterocycles. The molecule has 2 rings (SSSR count). The van der Waals surface area contributed by atoms with Crippen molar-refractivity contribution >= 4 is 23.7 Å². The van der Waals surface area contributed by atoms with Crippen molar-refractivity contribution in [1.82, 2.24) is 4.90 Å². The van der Waals surface area contributed by atoms with Crippen molar-refractivity contribution in [3.63, 3.8) is 0 Å². The molecule has 0 unspecified atom stereocenters. The first-order chi connectivity index (χ1) is 12.4. The molecular formula is C20H21NO4S-2. The van der Waals surface area contributed by atoms with Crippen molar-refractivity contribution in [3.8, 4) is 0 Å². The van der Waals surface area contributed by atoms with Gasteiger partial charge in [0.2, 0.25) is 0 Å². The van der Waals surface area contributed by atoms with Gasteiger partial charge in [-0.1, -0.05) is 48.2 Å². The molecule has 0 spiro atoms. The van der Waals surface area contributed by atoms with Crippen LogP contribution in [0.2, 0.25) is 0 Å². The van der Waals surface area contributed by atoms with Crippen LogP contribution in [-0.2, 0) is 16.0 Å². The fourth-order valence-electron chi connectivity index (χ4n) is 1.91. The molecule has 0 aromatic heterocycles. The zero-order valence-electron chi connectivity index (χ0n) is 14.8. The summed E-state index contributed by atoms with van der Waals surface area (Å²) in [4.78, 5) is 23.7. The predicted octanol–water partition coefficient (Wildman–Crippen LogP) is 0.984. The zero-order valence-corrected chi connectivity index (χ0v) is 15.6. The molecule has 5 nitrogen and oxygen atoms in total. The van der Waals surface area contributed by atoms with E-state index in [1.165, 1.54) is 15.4 Å². The van der Waals surface area contributed by atoms with Crippen molar-refractivity contribution in [2.45, 2.75) is 16.2 Å². The number of nitrogens with zero attached hydrogens (tertiary/aromatic N) is 1. The first-order valence-electron chi connectivity index (χ1n) is 7.94. The summed E-state index contributed by atoms with van der Waals surface area (Å²) in [5, 5.41) is 18.8. The molecule has 138 valence electrons.